The van der Waals surface area contributed by atoms with Gasteiger partial charge in [-0.25, -0.2) is 0 Å². The highest BCUT2D eigenvalue weighted by molar-refractivity contribution is 6.49. The molecule has 10 aromatic rings. The molecule has 2 heterocycles. The molecule has 10 rings (SSSR count). The van der Waals surface area contributed by atoms with Crippen LogP contribution >= 0.6 is 0 Å². The van der Waals surface area contributed by atoms with Crippen LogP contribution in [0.5, 0.6) is 57.5 Å². The average Bonchev–Trinajstić information content (AvgIpc) is 3.88. The molecular formula is C48H36B4N2O10. The molecule has 0 saturated carbocycles. The van der Waals surface area contributed by atoms with Crippen LogP contribution < -0.4 is 21.9 Å². The Morgan fingerprint density at radius 1 is 0.281 bits per heavy atom. The summed E-state index contributed by atoms with van der Waals surface area (Å²) in [5.41, 5.74) is 3.94. The first kappa shape index (κ1) is 39.7. The van der Waals surface area contributed by atoms with Crippen molar-refractivity contribution in [3.05, 3.63) is 109 Å². The third-order valence-corrected chi connectivity index (χ3v) is 12.6. The minimum absolute atomic E-state index is 0.0815. The zero-order valence-corrected chi connectivity index (χ0v) is 34.8. The lowest BCUT2D eigenvalue weighted by Gasteiger charge is -2.19. The van der Waals surface area contributed by atoms with Gasteiger partial charge < -0.3 is 60.2 Å². The van der Waals surface area contributed by atoms with E-state index in [2.05, 4.69) is 0 Å². The van der Waals surface area contributed by atoms with E-state index in [4.69, 9.17) is 0 Å². The molecule has 16 heteroatoms. The number of hydrogen-bond donors (Lipinski definition) is 10. The summed E-state index contributed by atoms with van der Waals surface area (Å²) in [5.74, 6) is -6.57. The van der Waals surface area contributed by atoms with Crippen LogP contribution in [-0.2, 0) is 0 Å². The van der Waals surface area contributed by atoms with Crippen molar-refractivity contribution in [1.82, 2.24) is 9.13 Å². The zero-order valence-electron chi connectivity index (χ0n) is 34.8. The second kappa shape index (κ2) is 14.1. The van der Waals surface area contributed by atoms with Gasteiger partial charge in [0.05, 0.1) is 49.2 Å². The van der Waals surface area contributed by atoms with Gasteiger partial charge in [0.2, 0.25) is 0 Å². The predicted molar refractivity (Wildman–Crippen MR) is 261 cm³/mol. The number of benzene rings is 8. The van der Waals surface area contributed by atoms with Crippen molar-refractivity contribution in [3.63, 3.8) is 0 Å². The molecule has 0 spiro atoms. The molecular weight excluding hydrogens is 808 g/mol. The van der Waals surface area contributed by atoms with E-state index in [0.717, 1.165) is 22.3 Å². The molecule has 0 saturated heterocycles. The normalized spacial score (nSPS) is 11.7. The third kappa shape index (κ3) is 5.28. The SMILES string of the molecule is Bc1c(O)c(O)c2c(c1O)c1c(O)c(-c3c(O)c(B)c4c(c3O)c3c(O)c(O)c(O)c(B)c3n4-c3cccc(-c4ccccc4)c3)c(O)c(B)c1n2-c1cccc(-c2ccccc2)c1. The maximum atomic E-state index is 12.6. The van der Waals surface area contributed by atoms with E-state index in [1.165, 1.54) is 28.1 Å². The van der Waals surface area contributed by atoms with Crippen LogP contribution in [0.4, 0.5) is 0 Å². The fourth-order valence-corrected chi connectivity index (χ4v) is 9.44. The minimum Gasteiger partial charge on any atom is -0.508 e. The Labute approximate surface area is 367 Å². The van der Waals surface area contributed by atoms with Gasteiger partial charge in [-0.05, 0) is 68.4 Å². The van der Waals surface area contributed by atoms with Gasteiger partial charge in [0.25, 0.3) is 0 Å². The van der Waals surface area contributed by atoms with Crippen molar-refractivity contribution < 1.29 is 51.1 Å². The molecule has 10 N–H and O–H groups in total. The smallest absolute Gasteiger partial charge is 0.200 e. The maximum Gasteiger partial charge on any atom is 0.200 e. The molecule has 0 fully saturated rings. The van der Waals surface area contributed by atoms with Crippen LogP contribution in [0.25, 0.3) is 88.4 Å². The van der Waals surface area contributed by atoms with Crippen LogP contribution in [0.15, 0.2) is 109 Å². The molecule has 64 heavy (non-hydrogen) atoms. The molecule has 12 nitrogen and oxygen atoms in total. The van der Waals surface area contributed by atoms with Crippen molar-refractivity contribution in [1.29, 1.82) is 0 Å². The maximum absolute atomic E-state index is 12.6. The number of rotatable bonds is 5. The Morgan fingerprint density at radius 3 is 1.09 bits per heavy atom. The van der Waals surface area contributed by atoms with Crippen LogP contribution in [0.2, 0.25) is 0 Å². The number of phenolic OH excluding ortho intramolecular Hbond substituents is 10. The molecule has 0 atom stereocenters. The summed E-state index contributed by atoms with van der Waals surface area (Å²) in [6.07, 6.45) is 0. The highest BCUT2D eigenvalue weighted by Gasteiger charge is 2.35. The van der Waals surface area contributed by atoms with Crippen LogP contribution in [0.3, 0.4) is 0 Å². The molecule has 0 bridgehead atoms. The molecule has 0 radical (unpaired) electrons. The molecule has 0 aliphatic carbocycles. The largest absolute Gasteiger partial charge is 0.508 e. The standard InChI is InChI=1S/C48H36B4N2O10/c49-31-35-25(27-37(33(51)45(61)48(64)44(27)60)53(35)23-15-7-13-21(17-23)19-9-3-1-4-10-19)39(55)29(42(31)58)30-40(56)26-28-38(47(63)46(62)34(52)41(28)57)54(36(26)32(50)43(30)59)24-16-8-14-22(18-24)20-11-5-2-6-12-20/h1-18,55-64H,49-52H2. The topological polar surface area (TPSA) is 212 Å². The number of phenols is 10. The summed E-state index contributed by atoms with van der Waals surface area (Å²) < 4.78 is 3.15. The average molecular weight is 844 g/mol. The zero-order chi connectivity index (χ0) is 45.2. The highest BCUT2D eigenvalue weighted by Crippen LogP contribution is 2.57. The van der Waals surface area contributed by atoms with Gasteiger partial charge in [0.15, 0.2) is 28.7 Å². The number of nitrogens with zero attached hydrogens (tertiary/aromatic N) is 2. The van der Waals surface area contributed by atoms with Crippen LogP contribution in [0.1, 0.15) is 0 Å². The van der Waals surface area contributed by atoms with Crippen molar-refractivity contribution in [2.45, 2.75) is 0 Å². The lowest BCUT2D eigenvalue weighted by Crippen LogP contribution is -2.14. The molecule has 0 aliphatic heterocycles. The molecule has 2 aromatic heterocycles. The molecule has 8 aromatic carbocycles. The first-order valence-corrected chi connectivity index (χ1v) is 20.3. The van der Waals surface area contributed by atoms with Gasteiger partial charge in [-0.15, -0.1) is 0 Å². The van der Waals surface area contributed by atoms with E-state index in [0.29, 0.717) is 11.4 Å². The minimum atomic E-state index is -0.852. The number of fused-ring (bicyclic) bond motifs is 6. The summed E-state index contributed by atoms with van der Waals surface area (Å²) in [4.78, 5) is 0. The number of aromatic nitrogens is 2. The van der Waals surface area contributed by atoms with Gasteiger partial charge in [-0.3, -0.25) is 0 Å². The molecule has 0 amide bonds. The van der Waals surface area contributed by atoms with Gasteiger partial charge in [-0.2, -0.15) is 0 Å². The first-order chi connectivity index (χ1) is 30.6. The van der Waals surface area contributed by atoms with E-state index < -0.39 is 68.6 Å². The Bertz CT molecular complexity index is 3430. The number of aromatic hydroxyl groups is 10. The van der Waals surface area contributed by atoms with E-state index in [-0.39, 0.29) is 65.5 Å². The second-order valence-corrected chi connectivity index (χ2v) is 16.1. The van der Waals surface area contributed by atoms with Gasteiger partial charge >= 0.3 is 0 Å². The van der Waals surface area contributed by atoms with Gasteiger partial charge in [0, 0.05) is 11.4 Å². The molecule has 310 valence electrons. The second-order valence-electron chi connectivity index (χ2n) is 16.1. The Balaban J connectivity index is 1.34. The Kier molecular flexibility index (Phi) is 8.74. The fourth-order valence-electron chi connectivity index (χ4n) is 9.44. The fraction of sp³-hybridized carbons (Fsp3) is 0. The lowest BCUT2D eigenvalue weighted by molar-refractivity contribution is 0.373. The van der Waals surface area contributed by atoms with Gasteiger partial charge in [0.1, 0.15) is 65.6 Å². The van der Waals surface area contributed by atoms with Gasteiger partial charge in [-0.1, -0.05) is 84.9 Å². The Hall–Kier alpha value is -8.38. The van der Waals surface area contributed by atoms with Crippen molar-refractivity contribution in [3.8, 4) is 102 Å². The summed E-state index contributed by atoms with van der Waals surface area (Å²) >= 11 is 0. The monoisotopic (exact) mass is 844 g/mol. The van der Waals surface area contributed by atoms with Crippen molar-refractivity contribution >= 4 is 96.8 Å². The van der Waals surface area contributed by atoms with E-state index in [1.807, 2.05) is 91.0 Å². The summed E-state index contributed by atoms with van der Waals surface area (Å²) in [6.45, 7) is 0. The van der Waals surface area contributed by atoms with E-state index >= 15 is 0 Å². The number of hydrogen-bond acceptors (Lipinski definition) is 10. The Morgan fingerprint density at radius 2 is 0.641 bits per heavy atom. The third-order valence-electron chi connectivity index (χ3n) is 12.6. The summed E-state index contributed by atoms with van der Waals surface area (Å²) in [5, 5.41) is 118. The first-order valence-electron chi connectivity index (χ1n) is 20.3. The van der Waals surface area contributed by atoms with E-state index in [1.54, 1.807) is 30.6 Å². The van der Waals surface area contributed by atoms with Crippen LogP contribution in [0, 0.1) is 0 Å². The molecule has 0 aliphatic rings. The summed E-state index contributed by atoms with van der Waals surface area (Å²) in [7, 11) is 5.99. The molecule has 0 unspecified atom stereocenters. The van der Waals surface area contributed by atoms with Crippen LogP contribution in [-0.4, -0.2) is 91.6 Å². The predicted octanol–water partition coefficient (Wildman–Crippen LogP) is 2.97. The lowest BCUT2D eigenvalue weighted by atomic mass is 9.82. The summed E-state index contributed by atoms with van der Waals surface area (Å²) in [6, 6.07) is 33.6. The van der Waals surface area contributed by atoms with Crippen molar-refractivity contribution in [2.24, 2.45) is 0 Å². The highest BCUT2D eigenvalue weighted by atomic mass is 16.3. The van der Waals surface area contributed by atoms with E-state index in [9.17, 15) is 51.1 Å². The quantitative estimate of drug-likeness (QED) is 0.0696. The van der Waals surface area contributed by atoms with Crippen molar-refractivity contribution in [2.75, 3.05) is 0 Å².